The summed E-state index contributed by atoms with van der Waals surface area (Å²) in [4.78, 5) is 29.9. The summed E-state index contributed by atoms with van der Waals surface area (Å²) in [5, 5.41) is 5.62. The number of carbonyl (C=O) groups excluding carboxylic acids is 1. The van der Waals surface area contributed by atoms with Crippen LogP contribution in [0.3, 0.4) is 0 Å². The maximum absolute atomic E-state index is 13.5. The van der Waals surface area contributed by atoms with E-state index in [0.29, 0.717) is 39.3 Å². The zero-order valence-corrected chi connectivity index (χ0v) is 20.2. The summed E-state index contributed by atoms with van der Waals surface area (Å²) in [6.45, 7) is 1.74. The van der Waals surface area contributed by atoms with Crippen molar-refractivity contribution in [3.05, 3.63) is 88.7 Å². The molecule has 0 saturated carbocycles. The van der Waals surface area contributed by atoms with Gasteiger partial charge in [-0.3, -0.25) is 4.79 Å². The lowest BCUT2D eigenvalue weighted by Crippen LogP contribution is -2.20. The Labute approximate surface area is 211 Å². The molecule has 9 heteroatoms. The first-order chi connectivity index (χ1) is 18.1. The Hall–Kier alpha value is -4.92. The SMILES string of the molecule is CCOC(=O)COc1ccccc1C=Nn1c(-c2cc3c(OC)cccc3o2)nc2ccccc2c1=O. The number of esters is 1. The van der Waals surface area contributed by atoms with Crippen LogP contribution in [0.4, 0.5) is 0 Å². The molecule has 5 aromatic rings. The van der Waals surface area contributed by atoms with Crippen molar-refractivity contribution in [2.24, 2.45) is 5.10 Å². The van der Waals surface area contributed by atoms with Gasteiger partial charge in [-0.05, 0) is 49.4 Å². The van der Waals surface area contributed by atoms with Gasteiger partial charge in [-0.1, -0.05) is 30.3 Å². The van der Waals surface area contributed by atoms with Crippen molar-refractivity contribution in [1.29, 1.82) is 0 Å². The van der Waals surface area contributed by atoms with Crippen LogP contribution in [0.15, 0.2) is 87.1 Å². The van der Waals surface area contributed by atoms with Gasteiger partial charge in [-0.2, -0.15) is 9.78 Å². The van der Waals surface area contributed by atoms with E-state index in [-0.39, 0.29) is 24.6 Å². The lowest BCUT2D eigenvalue weighted by atomic mass is 10.2. The fraction of sp³-hybridized carbons (Fsp3) is 0.143. The summed E-state index contributed by atoms with van der Waals surface area (Å²) in [6, 6.07) is 21.3. The Balaban J connectivity index is 1.61. The maximum atomic E-state index is 13.5. The van der Waals surface area contributed by atoms with Crippen molar-refractivity contribution >= 4 is 34.1 Å². The van der Waals surface area contributed by atoms with Gasteiger partial charge < -0.3 is 18.6 Å². The highest BCUT2D eigenvalue weighted by molar-refractivity contribution is 5.89. The third-order valence-electron chi connectivity index (χ3n) is 5.60. The minimum atomic E-state index is -0.480. The van der Waals surface area contributed by atoms with Gasteiger partial charge in [0.2, 0.25) is 5.82 Å². The Bertz CT molecular complexity index is 1690. The van der Waals surface area contributed by atoms with Crippen LogP contribution in [0, 0.1) is 0 Å². The highest BCUT2D eigenvalue weighted by Gasteiger charge is 2.18. The number of hydrogen-bond donors (Lipinski definition) is 0. The van der Waals surface area contributed by atoms with E-state index >= 15 is 0 Å². The molecule has 0 radical (unpaired) electrons. The number of para-hydroxylation sites is 2. The molecule has 0 bridgehead atoms. The second-order valence-corrected chi connectivity index (χ2v) is 7.93. The number of methoxy groups -OCH3 is 1. The second-order valence-electron chi connectivity index (χ2n) is 7.93. The molecule has 0 fully saturated rings. The third-order valence-corrected chi connectivity index (χ3v) is 5.60. The van der Waals surface area contributed by atoms with Crippen molar-refractivity contribution < 1.29 is 23.4 Å². The van der Waals surface area contributed by atoms with E-state index in [1.807, 2.05) is 24.3 Å². The number of rotatable bonds is 8. The zero-order valence-electron chi connectivity index (χ0n) is 20.2. The molecule has 5 rings (SSSR count). The molecular weight excluding hydrogens is 474 g/mol. The van der Waals surface area contributed by atoms with Gasteiger partial charge in [-0.15, -0.1) is 0 Å². The van der Waals surface area contributed by atoms with Crippen LogP contribution >= 0.6 is 0 Å². The van der Waals surface area contributed by atoms with Gasteiger partial charge in [0.15, 0.2) is 12.4 Å². The van der Waals surface area contributed by atoms with Gasteiger partial charge >= 0.3 is 5.97 Å². The number of furan rings is 1. The Morgan fingerprint density at radius 2 is 1.81 bits per heavy atom. The number of carbonyl (C=O) groups is 1. The second kappa shape index (κ2) is 10.4. The Morgan fingerprint density at radius 3 is 2.65 bits per heavy atom. The minimum absolute atomic E-state index is 0.225. The number of aromatic nitrogens is 2. The van der Waals surface area contributed by atoms with Crippen molar-refractivity contribution in [3.8, 4) is 23.1 Å². The van der Waals surface area contributed by atoms with Crippen molar-refractivity contribution in [2.75, 3.05) is 20.3 Å². The summed E-state index contributed by atoms with van der Waals surface area (Å²) in [7, 11) is 1.58. The fourth-order valence-electron chi connectivity index (χ4n) is 3.89. The van der Waals surface area contributed by atoms with E-state index in [1.165, 1.54) is 10.9 Å². The van der Waals surface area contributed by atoms with Crippen molar-refractivity contribution in [2.45, 2.75) is 6.92 Å². The molecule has 0 aliphatic rings. The van der Waals surface area contributed by atoms with E-state index in [9.17, 15) is 9.59 Å². The molecule has 2 aromatic heterocycles. The highest BCUT2D eigenvalue weighted by Crippen LogP contribution is 2.32. The van der Waals surface area contributed by atoms with Crippen LogP contribution in [-0.4, -0.2) is 42.2 Å². The quantitative estimate of drug-likeness (QED) is 0.227. The predicted octanol–water partition coefficient (Wildman–Crippen LogP) is 4.64. The molecule has 2 heterocycles. The highest BCUT2D eigenvalue weighted by atomic mass is 16.6. The Kier molecular flexibility index (Phi) is 6.67. The largest absolute Gasteiger partial charge is 0.496 e. The van der Waals surface area contributed by atoms with Crippen LogP contribution in [0.2, 0.25) is 0 Å². The standard InChI is InChI=1S/C28H23N3O6/c1-3-35-26(32)17-36-22-12-7-4-9-18(22)16-29-31-27(30-21-11-6-5-10-19(21)28(31)33)25-15-20-23(34-2)13-8-14-24(20)37-25/h4-16H,3,17H2,1-2H3. The molecule has 0 amide bonds. The van der Waals surface area contributed by atoms with Crippen LogP contribution in [-0.2, 0) is 9.53 Å². The first-order valence-electron chi connectivity index (χ1n) is 11.6. The lowest BCUT2D eigenvalue weighted by Gasteiger charge is -2.09. The molecule has 0 spiro atoms. The molecule has 186 valence electrons. The van der Waals surface area contributed by atoms with Crippen LogP contribution in [0.5, 0.6) is 11.5 Å². The van der Waals surface area contributed by atoms with E-state index in [1.54, 1.807) is 62.6 Å². The van der Waals surface area contributed by atoms with Crippen LogP contribution < -0.4 is 15.0 Å². The van der Waals surface area contributed by atoms with Gasteiger partial charge in [0.1, 0.15) is 17.1 Å². The lowest BCUT2D eigenvalue weighted by molar-refractivity contribution is -0.145. The smallest absolute Gasteiger partial charge is 0.344 e. The molecule has 3 aromatic carbocycles. The molecule has 9 nitrogen and oxygen atoms in total. The van der Waals surface area contributed by atoms with Crippen LogP contribution in [0.1, 0.15) is 12.5 Å². The van der Waals surface area contributed by atoms with Gasteiger partial charge in [0.05, 0.1) is 36.2 Å². The molecule has 0 aliphatic carbocycles. The summed E-state index contributed by atoms with van der Waals surface area (Å²) in [5.74, 6) is 1.15. The maximum Gasteiger partial charge on any atom is 0.344 e. The third kappa shape index (κ3) is 4.79. The van der Waals surface area contributed by atoms with E-state index in [2.05, 4.69) is 5.10 Å². The number of hydrogen-bond acceptors (Lipinski definition) is 8. The van der Waals surface area contributed by atoms with Gasteiger partial charge in [0.25, 0.3) is 5.56 Å². The number of fused-ring (bicyclic) bond motifs is 2. The topological polar surface area (TPSA) is 105 Å². The van der Waals surface area contributed by atoms with Crippen molar-refractivity contribution in [1.82, 2.24) is 9.66 Å². The summed E-state index contributed by atoms with van der Waals surface area (Å²) < 4.78 is 23.2. The van der Waals surface area contributed by atoms with E-state index in [4.69, 9.17) is 23.6 Å². The van der Waals surface area contributed by atoms with E-state index in [0.717, 1.165) is 5.39 Å². The van der Waals surface area contributed by atoms with Gasteiger partial charge in [0, 0.05) is 5.56 Å². The molecule has 0 atom stereocenters. The first-order valence-corrected chi connectivity index (χ1v) is 11.6. The fourth-order valence-corrected chi connectivity index (χ4v) is 3.89. The molecule has 0 saturated heterocycles. The minimum Gasteiger partial charge on any atom is -0.496 e. The monoisotopic (exact) mass is 497 g/mol. The molecular formula is C28H23N3O6. The zero-order chi connectivity index (χ0) is 25.8. The predicted molar refractivity (Wildman–Crippen MR) is 139 cm³/mol. The van der Waals surface area contributed by atoms with E-state index < -0.39 is 5.97 Å². The molecule has 0 N–H and O–H groups in total. The molecule has 0 aliphatic heterocycles. The number of nitrogens with zero attached hydrogens (tertiary/aromatic N) is 3. The Morgan fingerprint density at radius 1 is 1.03 bits per heavy atom. The average molecular weight is 498 g/mol. The normalized spacial score (nSPS) is 11.3. The first kappa shape index (κ1) is 23.8. The summed E-state index contributed by atoms with van der Waals surface area (Å²) in [6.07, 6.45) is 1.48. The van der Waals surface area contributed by atoms with Crippen molar-refractivity contribution in [3.63, 3.8) is 0 Å². The summed E-state index contributed by atoms with van der Waals surface area (Å²) in [5.41, 5.74) is 1.29. The molecule has 37 heavy (non-hydrogen) atoms. The van der Waals surface area contributed by atoms with Crippen LogP contribution in [0.25, 0.3) is 33.5 Å². The summed E-state index contributed by atoms with van der Waals surface area (Å²) >= 11 is 0. The number of benzene rings is 3. The number of ether oxygens (including phenoxy) is 3. The molecule has 0 unspecified atom stereocenters. The van der Waals surface area contributed by atoms with Gasteiger partial charge in [-0.25, -0.2) is 9.78 Å². The average Bonchev–Trinajstić information content (AvgIpc) is 3.36.